The van der Waals surface area contributed by atoms with Gasteiger partial charge in [0.2, 0.25) is 5.78 Å². The summed E-state index contributed by atoms with van der Waals surface area (Å²) >= 11 is 0. The van der Waals surface area contributed by atoms with E-state index in [2.05, 4.69) is 12.1 Å². The van der Waals surface area contributed by atoms with Gasteiger partial charge in [0.1, 0.15) is 0 Å². The van der Waals surface area contributed by atoms with Gasteiger partial charge < -0.3 is 4.40 Å². The highest BCUT2D eigenvalue weighted by Gasteiger charge is 2.14. The molecule has 0 spiro atoms. The molecule has 0 saturated heterocycles. The first-order valence-corrected chi connectivity index (χ1v) is 6.93. The zero-order chi connectivity index (χ0) is 14.2. The summed E-state index contributed by atoms with van der Waals surface area (Å²) < 4.78 is 2.03. The summed E-state index contributed by atoms with van der Waals surface area (Å²) in [6.45, 7) is 0. The van der Waals surface area contributed by atoms with Crippen molar-refractivity contribution in [2.24, 2.45) is 0 Å². The molecule has 0 aliphatic carbocycles. The van der Waals surface area contributed by atoms with Gasteiger partial charge in [-0.25, -0.2) is 0 Å². The molecule has 0 fully saturated rings. The maximum absolute atomic E-state index is 12.7. The van der Waals surface area contributed by atoms with E-state index in [1.54, 1.807) is 0 Å². The SMILES string of the molecule is O=C(c1ccccc1)c1ccc2ccc3ccccc3n12. The molecule has 0 bridgehead atoms. The quantitative estimate of drug-likeness (QED) is 0.497. The zero-order valence-electron chi connectivity index (χ0n) is 11.4. The molecule has 0 atom stereocenters. The third-order valence-corrected chi connectivity index (χ3v) is 3.79. The Morgan fingerprint density at radius 3 is 2.29 bits per heavy atom. The van der Waals surface area contributed by atoms with Crippen molar-refractivity contribution in [2.75, 3.05) is 0 Å². The predicted molar refractivity (Wildman–Crippen MR) is 84.8 cm³/mol. The lowest BCUT2D eigenvalue weighted by Gasteiger charge is -2.07. The minimum Gasteiger partial charge on any atom is -0.306 e. The molecule has 2 heteroatoms. The summed E-state index contributed by atoms with van der Waals surface area (Å²) in [4.78, 5) is 12.7. The fourth-order valence-electron chi connectivity index (χ4n) is 2.77. The molecule has 0 unspecified atom stereocenters. The minimum atomic E-state index is 0.0481. The summed E-state index contributed by atoms with van der Waals surface area (Å²) in [6, 6.07) is 25.5. The standard InChI is InChI=1S/C19H13NO/c21-19(15-7-2-1-3-8-15)18-13-12-16-11-10-14-6-4-5-9-17(14)20(16)18/h1-13H. The number of nitrogens with zero attached hydrogens (tertiary/aromatic N) is 1. The van der Waals surface area contributed by atoms with E-state index < -0.39 is 0 Å². The Bertz CT molecular complexity index is 951. The van der Waals surface area contributed by atoms with E-state index in [4.69, 9.17) is 0 Å². The fourth-order valence-corrected chi connectivity index (χ4v) is 2.77. The largest absolute Gasteiger partial charge is 0.306 e. The van der Waals surface area contributed by atoms with Crippen LogP contribution < -0.4 is 0 Å². The van der Waals surface area contributed by atoms with Gasteiger partial charge in [-0.15, -0.1) is 0 Å². The Morgan fingerprint density at radius 2 is 1.43 bits per heavy atom. The van der Waals surface area contributed by atoms with Gasteiger partial charge in [-0.2, -0.15) is 0 Å². The molecule has 0 aliphatic heterocycles. The second kappa shape index (κ2) is 4.60. The fraction of sp³-hybridized carbons (Fsp3) is 0. The number of hydrogen-bond acceptors (Lipinski definition) is 1. The molecule has 2 heterocycles. The van der Waals surface area contributed by atoms with Crippen LogP contribution in [0.4, 0.5) is 0 Å². The summed E-state index contributed by atoms with van der Waals surface area (Å²) in [7, 11) is 0. The molecule has 0 saturated carbocycles. The molecule has 4 aromatic rings. The highest BCUT2D eigenvalue weighted by molar-refractivity contribution is 6.09. The van der Waals surface area contributed by atoms with Crippen LogP contribution in [0, 0.1) is 0 Å². The monoisotopic (exact) mass is 271 g/mol. The van der Waals surface area contributed by atoms with Crippen LogP contribution in [0.1, 0.15) is 16.1 Å². The van der Waals surface area contributed by atoms with Crippen LogP contribution in [0.2, 0.25) is 0 Å². The third-order valence-electron chi connectivity index (χ3n) is 3.79. The van der Waals surface area contributed by atoms with E-state index in [-0.39, 0.29) is 5.78 Å². The number of rotatable bonds is 2. The van der Waals surface area contributed by atoms with E-state index in [1.807, 2.05) is 71.1 Å². The summed E-state index contributed by atoms with van der Waals surface area (Å²) in [5.41, 5.74) is 3.51. The lowest BCUT2D eigenvalue weighted by molar-refractivity contribution is 0.103. The summed E-state index contributed by atoms with van der Waals surface area (Å²) in [6.07, 6.45) is 0. The van der Waals surface area contributed by atoms with Gasteiger partial charge in [-0.05, 0) is 29.7 Å². The van der Waals surface area contributed by atoms with Crippen molar-refractivity contribution in [2.45, 2.75) is 0 Å². The van der Waals surface area contributed by atoms with Crippen LogP contribution in [-0.4, -0.2) is 10.2 Å². The number of carbonyl (C=O) groups excluding carboxylic acids is 1. The van der Waals surface area contributed by atoms with E-state index >= 15 is 0 Å². The molecule has 100 valence electrons. The average molecular weight is 271 g/mol. The zero-order valence-corrected chi connectivity index (χ0v) is 11.4. The number of carbonyl (C=O) groups is 1. The van der Waals surface area contributed by atoms with Gasteiger partial charge in [-0.3, -0.25) is 4.79 Å². The van der Waals surface area contributed by atoms with E-state index in [0.717, 1.165) is 16.4 Å². The molecule has 0 radical (unpaired) electrons. The molecule has 2 nitrogen and oxygen atoms in total. The Hall–Kier alpha value is -2.87. The molecule has 0 N–H and O–H groups in total. The van der Waals surface area contributed by atoms with Crippen molar-refractivity contribution in [1.82, 2.24) is 4.40 Å². The number of ketones is 1. The van der Waals surface area contributed by atoms with Crippen LogP contribution >= 0.6 is 0 Å². The van der Waals surface area contributed by atoms with Gasteiger partial charge in [0, 0.05) is 11.1 Å². The number of para-hydroxylation sites is 1. The Morgan fingerprint density at radius 1 is 0.714 bits per heavy atom. The summed E-state index contributed by atoms with van der Waals surface area (Å²) in [5, 5.41) is 1.13. The van der Waals surface area contributed by atoms with Gasteiger partial charge in [-0.1, -0.05) is 54.6 Å². The maximum atomic E-state index is 12.7. The molecular weight excluding hydrogens is 258 g/mol. The first-order chi connectivity index (χ1) is 10.3. The summed E-state index contributed by atoms with van der Waals surface area (Å²) in [5.74, 6) is 0.0481. The third kappa shape index (κ3) is 1.84. The number of aromatic nitrogens is 1. The lowest BCUT2D eigenvalue weighted by atomic mass is 10.1. The molecular formula is C19H13NO. The average Bonchev–Trinajstić information content (AvgIpc) is 2.99. The number of hydrogen-bond donors (Lipinski definition) is 0. The number of benzene rings is 2. The molecule has 0 amide bonds. The van der Waals surface area contributed by atoms with Crippen molar-refractivity contribution >= 4 is 22.2 Å². The highest BCUT2D eigenvalue weighted by Crippen LogP contribution is 2.22. The second-order valence-corrected chi connectivity index (χ2v) is 5.07. The van der Waals surface area contributed by atoms with Crippen LogP contribution in [-0.2, 0) is 0 Å². The van der Waals surface area contributed by atoms with Crippen LogP contribution in [0.5, 0.6) is 0 Å². The highest BCUT2D eigenvalue weighted by atomic mass is 16.1. The van der Waals surface area contributed by atoms with Crippen LogP contribution in [0.3, 0.4) is 0 Å². The van der Waals surface area contributed by atoms with E-state index in [0.29, 0.717) is 11.3 Å². The lowest BCUT2D eigenvalue weighted by Crippen LogP contribution is -2.05. The number of pyridine rings is 1. The normalized spacial score (nSPS) is 11.0. The molecule has 2 aromatic carbocycles. The van der Waals surface area contributed by atoms with Crippen LogP contribution in [0.15, 0.2) is 78.9 Å². The smallest absolute Gasteiger partial charge is 0.209 e. The first kappa shape index (κ1) is 11.9. The topological polar surface area (TPSA) is 21.5 Å². The Balaban J connectivity index is 2.02. The maximum Gasteiger partial charge on any atom is 0.209 e. The first-order valence-electron chi connectivity index (χ1n) is 6.93. The Kier molecular flexibility index (Phi) is 2.61. The van der Waals surface area contributed by atoms with E-state index in [1.165, 1.54) is 0 Å². The predicted octanol–water partition coefficient (Wildman–Crippen LogP) is 4.32. The Labute approximate surface area is 122 Å². The van der Waals surface area contributed by atoms with Crippen LogP contribution in [0.25, 0.3) is 16.4 Å². The number of fused-ring (bicyclic) bond motifs is 3. The van der Waals surface area contributed by atoms with Crippen molar-refractivity contribution in [1.29, 1.82) is 0 Å². The molecule has 4 rings (SSSR count). The van der Waals surface area contributed by atoms with Crippen molar-refractivity contribution in [3.05, 3.63) is 90.1 Å². The minimum absolute atomic E-state index is 0.0481. The van der Waals surface area contributed by atoms with E-state index in [9.17, 15) is 4.79 Å². The van der Waals surface area contributed by atoms with Crippen molar-refractivity contribution in [3.8, 4) is 0 Å². The van der Waals surface area contributed by atoms with Gasteiger partial charge in [0.15, 0.2) is 0 Å². The van der Waals surface area contributed by atoms with Crippen molar-refractivity contribution in [3.63, 3.8) is 0 Å². The molecule has 2 aromatic heterocycles. The van der Waals surface area contributed by atoms with Crippen molar-refractivity contribution < 1.29 is 4.79 Å². The molecule has 0 aliphatic rings. The van der Waals surface area contributed by atoms with Gasteiger partial charge in [0.25, 0.3) is 0 Å². The van der Waals surface area contributed by atoms with Gasteiger partial charge >= 0.3 is 0 Å². The van der Waals surface area contributed by atoms with Gasteiger partial charge in [0.05, 0.1) is 11.2 Å². The second-order valence-electron chi connectivity index (χ2n) is 5.07. The molecule has 21 heavy (non-hydrogen) atoms.